The first kappa shape index (κ1) is 16.9. The van der Waals surface area contributed by atoms with Crippen LogP contribution in [-0.4, -0.2) is 20.6 Å². The van der Waals surface area contributed by atoms with Gasteiger partial charge < -0.3 is 4.74 Å². The molecule has 0 saturated carbocycles. The van der Waals surface area contributed by atoms with Gasteiger partial charge in [-0.05, 0) is 24.6 Å². The number of aryl methyl sites for hydroxylation is 1. The van der Waals surface area contributed by atoms with Crippen molar-refractivity contribution in [3.05, 3.63) is 60.9 Å². The molecular formula is C15H11Cl2N3O3S. The van der Waals surface area contributed by atoms with Crippen molar-refractivity contribution in [2.24, 2.45) is 0 Å². The number of carbonyl (C=O) groups is 1. The van der Waals surface area contributed by atoms with Gasteiger partial charge in [-0.1, -0.05) is 41.5 Å². The molecule has 0 saturated heterocycles. The molecule has 0 N–H and O–H groups in total. The highest BCUT2D eigenvalue weighted by molar-refractivity contribution is 7.16. The van der Waals surface area contributed by atoms with E-state index in [0.29, 0.717) is 22.1 Å². The zero-order valence-corrected chi connectivity index (χ0v) is 14.8. The minimum absolute atomic E-state index is 0.146. The average Bonchev–Trinajstić information content (AvgIpc) is 2.98. The van der Waals surface area contributed by atoms with Crippen molar-refractivity contribution >= 4 is 45.5 Å². The van der Waals surface area contributed by atoms with Crippen LogP contribution < -0.4 is 5.56 Å². The molecule has 0 aliphatic rings. The molecule has 9 heteroatoms. The van der Waals surface area contributed by atoms with E-state index in [9.17, 15) is 9.59 Å². The summed E-state index contributed by atoms with van der Waals surface area (Å²) in [5, 5.41) is 5.58. The second-order valence-electron chi connectivity index (χ2n) is 4.83. The van der Waals surface area contributed by atoms with Gasteiger partial charge in [0, 0.05) is 11.1 Å². The van der Waals surface area contributed by atoms with Crippen LogP contribution in [0.1, 0.15) is 28.0 Å². The molecule has 3 rings (SSSR count). The van der Waals surface area contributed by atoms with Gasteiger partial charge in [-0.25, -0.2) is 9.78 Å². The van der Waals surface area contributed by atoms with Crippen LogP contribution >= 0.6 is 34.5 Å². The predicted molar refractivity (Wildman–Crippen MR) is 92.1 cm³/mol. The van der Waals surface area contributed by atoms with Gasteiger partial charge in [-0.2, -0.15) is 9.61 Å². The van der Waals surface area contributed by atoms with Gasteiger partial charge in [0.05, 0.1) is 16.3 Å². The Bertz CT molecular complexity index is 984. The third-order valence-electron chi connectivity index (χ3n) is 3.14. The maximum absolute atomic E-state index is 12.1. The van der Waals surface area contributed by atoms with Gasteiger partial charge >= 0.3 is 5.97 Å². The Morgan fingerprint density at radius 1 is 1.33 bits per heavy atom. The van der Waals surface area contributed by atoms with Crippen molar-refractivity contribution in [2.45, 2.75) is 20.0 Å². The minimum Gasteiger partial charge on any atom is -0.456 e. The molecule has 0 aliphatic carbocycles. The first-order valence-electron chi connectivity index (χ1n) is 6.98. The fraction of sp³-hybridized carbons (Fsp3) is 0.200. The molecule has 0 spiro atoms. The van der Waals surface area contributed by atoms with Crippen molar-refractivity contribution in [2.75, 3.05) is 0 Å². The smallest absolute Gasteiger partial charge is 0.340 e. The Morgan fingerprint density at radius 3 is 2.88 bits per heavy atom. The second kappa shape index (κ2) is 6.88. The Kier molecular flexibility index (Phi) is 4.84. The standard InChI is InChI=1S/C15H11Cl2N3O3S/c1-2-12-19-20-13(21)6-9(18-15(20)24-12)7-23-14(22)10-5-8(16)3-4-11(10)17/h3-6H,2,7H2,1H3. The van der Waals surface area contributed by atoms with Crippen LogP contribution in [0.3, 0.4) is 0 Å². The molecular weight excluding hydrogens is 373 g/mol. The number of hydrogen-bond donors (Lipinski definition) is 0. The molecule has 2 aromatic heterocycles. The Hall–Kier alpha value is -1.96. The molecule has 3 aromatic rings. The molecule has 0 aliphatic heterocycles. The fourth-order valence-corrected chi connectivity index (χ4v) is 3.21. The number of benzene rings is 1. The summed E-state index contributed by atoms with van der Waals surface area (Å²) in [5.74, 6) is -0.636. The number of aromatic nitrogens is 3. The summed E-state index contributed by atoms with van der Waals surface area (Å²) in [6.07, 6.45) is 0.713. The normalized spacial score (nSPS) is 11.0. The molecule has 6 nitrogen and oxygen atoms in total. The monoisotopic (exact) mass is 383 g/mol. The van der Waals surface area contributed by atoms with E-state index >= 15 is 0 Å². The van der Waals surface area contributed by atoms with Crippen LogP contribution in [0, 0.1) is 0 Å². The third-order valence-corrected chi connectivity index (χ3v) is 4.76. The van der Waals surface area contributed by atoms with E-state index < -0.39 is 5.97 Å². The van der Waals surface area contributed by atoms with Crippen LogP contribution in [0.4, 0.5) is 0 Å². The molecule has 0 atom stereocenters. The van der Waals surface area contributed by atoms with Crippen LogP contribution in [0.2, 0.25) is 10.0 Å². The molecule has 2 heterocycles. The van der Waals surface area contributed by atoms with E-state index in [1.165, 1.54) is 34.1 Å². The van der Waals surface area contributed by atoms with Crippen LogP contribution in [-0.2, 0) is 17.8 Å². The van der Waals surface area contributed by atoms with Crippen LogP contribution in [0.5, 0.6) is 0 Å². The maximum Gasteiger partial charge on any atom is 0.340 e. The molecule has 0 radical (unpaired) electrons. The molecule has 0 fully saturated rings. The zero-order chi connectivity index (χ0) is 17.3. The van der Waals surface area contributed by atoms with Gasteiger partial charge in [0.1, 0.15) is 11.6 Å². The van der Waals surface area contributed by atoms with Crippen LogP contribution in [0.15, 0.2) is 29.1 Å². The Balaban J connectivity index is 1.81. The number of nitrogens with zero attached hydrogens (tertiary/aromatic N) is 3. The summed E-state index contributed by atoms with van der Waals surface area (Å²) in [5.41, 5.74) is 0.189. The third kappa shape index (κ3) is 3.43. The lowest BCUT2D eigenvalue weighted by Crippen LogP contribution is -2.16. The van der Waals surface area contributed by atoms with Gasteiger partial charge in [0.25, 0.3) is 5.56 Å². The number of esters is 1. The summed E-state index contributed by atoms with van der Waals surface area (Å²) >= 11 is 13.1. The van der Waals surface area contributed by atoms with Crippen molar-refractivity contribution < 1.29 is 9.53 Å². The van der Waals surface area contributed by atoms with E-state index in [1.54, 1.807) is 6.07 Å². The number of ether oxygens (including phenoxy) is 1. The molecule has 124 valence electrons. The van der Waals surface area contributed by atoms with E-state index in [0.717, 1.165) is 5.01 Å². The second-order valence-corrected chi connectivity index (χ2v) is 6.71. The number of fused-ring (bicyclic) bond motifs is 1. The Morgan fingerprint density at radius 2 is 2.12 bits per heavy atom. The molecule has 24 heavy (non-hydrogen) atoms. The number of halogens is 2. The molecule has 0 amide bonds. The van der Waals surface area contributed by atoms with E-state index in [1.807, 2.05) is 6.92 Å². The number of hydrogen-bond acceptors (Lipinski definition) is 6. The minimum atomic E-state index is -0.636. The Labute approximate surface area is 150 Å². The average molecular weight is 384 g/mol. The van der Waals surface area contributed by atoms with Gasteiger partial charge in [-0.3, -0.25) is 4.79 Å². The largest absolute Gasteiger partial charge is 0.456 e. The lowest BCUT2D eigenvalue weighted by Gasteiger charge is -2.06. The van der Waals surface area contributed by atoms with E-state index in [2.05, 4.69) is 10.1 Å². The molecule has 1 aromatic carbocycles. The lowest BCUT2D eigenvalue weighted by atomic mass is 10.2. The predicted octanol–water partition coefficient (Wildman–Crippen LogP) is 3.38. The first-order chi connectivity index (χ1) is 11.5. The van der Waals surface area contributed by atoms with Crippen LogP contribution in [0.25, 0.3) is 4.96 Å². The summed E-state index contributed by atoms with van der Waals surface area (Å²) < 4.78 is 6.42. The first-order valence-corrected chi connectivity index (χ1v) is 8.56. The maximum atomic E-state index is 12.1. The summed E-state index contributed by atoms with van der Waals surface area (Å²) in [6, 6.07) is 5.81. The number of carbonyl (C=O) groups excluding carboxylic acids is 1. The quantitative estimate of drug-likeness (QED) is 0.645. The SMILES string of the molecule is CCc1nn2c(=O)cc(COC(=O)c3cc(Cl)ccc3Cl)nc2s1. The highest BCUT2D eigenvalue weighted by Gasteiger charge is 2.14. The van der Waals surface area contributed by atoms with Crippen molar-refractivity contribution in [1.29, 1.82) is 0 Å². The summed E-state index contributed by atoms with van der Waals surface area (Å²) in [4.78, 5) is 28.9. The van der Waals surface area contributed by atoms with Gasteiger partial charge in [0.2, 0.25) is 4.96 Å². The van der Waals surface area contributed by atoms with E-state index in [-0.39, 0.29) is 22.8 Å². The molecule has 0 bridgehead atoms. The van der Waals surface area contributed by atoms with Gasteiger partial charge in [0.15, 0.2) is 0 Å². The summed E-state index contributed by atoms with van der Waals surface area (Å²) in [7, 11) is 0. The fourth-order valence-electron chi connectivity index (χ4n) is 1.98. The molecule has 0 unspecified atom stereocenters. The zero-order valence-electron chi connectivity index (χ0n) is 12.5. The topological polar surface area (TPSA) is 73.6 Å². The van der Waals surface area contributed by atoms with Crippen molar-refractivity contribution in [3.63, 3.8) is 0 Å². The number of rotatable bonds is 4. The summed E-state index contributed by atoms with van der Waals surface area (Å²) in [6.45, 7) is 1.80. The van der Waals surface area contributed by atoms with Crippen molar-refractivity contribution in [3.8, 4) is 0 Å². The highest BCUT2D eigenvalue weighted by Crippen LogP contribution is 2.21. The van der Waals surface area contributed by atoms with E-state index in [4.69, 9.17) is 27.9 Å². The highest BCUT2D eigenvalue weighted by atomic mass is 35.5. The van der Waals surface area contributed by atoms with Crippen molar-refractivity contribution in [1.82, 2.24) is 14.6 Å². The lowest BCUT2D eigenvalue weighted by molar-refractivity contribution is 0.0468. The van der Waals surface area contributed by atoms with Gasteiger partial charge in [-0.15, -0.1) is 0 Å².